The van der Waals surface area contributed by atoms with Crippen LogP contribution in [0.2, 0.25) is 0 Å². The summed E-state index contributed by atoms with van der Waals surface area (Å²) in [6.07, 6.45) is 3.05. The first-order valence-corrected chi connectivity index (χ1v) is 14.4. The molecule has 1 aliphatic heterocycles. The monoisotopic (exact) mass is 550 g/mol. The van der Waals surface area contributed by atoms with Gasteiger partial charge in [0.05, 0.1) is 12.0 Å². The first-order valence-electron chi connectivity index (χ1n) is 14.4. The Morgan fingerprint density at radius 1 is 1.00 bits per heavy atom. The SMILES string of the molecule is CCN(C(=O)Cc1ccc(C(N)=O)cc1)C1CCN(CCC(O)(CCNC(=O)C(C)(C)C)c2ccccc2)CC1. The number of amides is 3. The lowest BCUT2D eigenvalue weighted by molar-refractivity contribution is -0.133. The number of likely N-dealkylation sites (tertiary alicyclic amines) is 1. The van der Waals surface area contributed by atoms with Gasteiger partial charge in [0, 0.05) is 49.7 Å². The zero-order chi connectivity index (χ0) is 29.3. The lowest BCUT2D eigenvalue weighted by atomic mass is 9.86. The van der Waals surface area contributed by atoms with Crippen molar-refractivity contribution in [3.05, 3.63) is 71.3 Å². The quantitative estimate of drug-likeness (QED) is 0.374. The fourth-order valence-corrected chi connectivity index (χ4v) is 5.31. The molecule has 1 fully saturated rings. The van der Waals surface area contributed by atoms with E-state index in [2.05, 4.69) is 10.2 Å². The maximum Gasteiger partial charge on any atom is 0.248 e. The van der Waals surface area contributed by atoms with Crippen molar-refractivity contribution in [1.29, 1.82) is 0 Å². The highest BCUT2D eigenvalue weighted by atomic mass is 16.3. The van der Waals surface area contributed by atoms with Crippen LogP contribution in [0.5, 0.6) is 0 Å². The van der Waals surface area contributed by atoms with Gasteiger partial charge >= 0.3 is 0 Å². The highest BCUT2D eigenvalue weighted by molar-refractivity contribution is 5.92. The van der Waals surface area contributed by atoms with Gasteiger partial charge < -0.3 is 26.0 Å². The van der Waals surface area contributed by atoms with Gasteiger partial charge in [0.1, 0.15) is 0 Å². The Hall–Kier alpha value is -3.23. The lowest BCUT2D eigenvalue weighted by Crippen LogP contribution is -2.48. The van der Waals surface area contributed by atoms with Crippen LogP contribution in [0.25, 0.3) is 0 Å². The number of nitrogens with two attached hydrogens (primary N) is 1. The molecule has 1 atom stereocenters. The van der Waals surface area contributed by atoms with Crippen LogP contribution >= 0.6 is 0 Å². The van der Waals surface area contributed by atoms with Gasteiger partial charge in [-0.3, -0.25) is 14.4 Å². The van der Waals surface area contributed by atoms with Crippen LogP contribution in [0, 0.1) is 5.41 Å². The Morgan fingerprint density at radius 3 is 2.17 bits per heavy atom. The fourth-order valence-electron chi connectivity index (χ4n) is 5.31. The van der Waals surface area contributed by atoms with E-state index < -0.39 is 16.9 Å². The maximum atomic E-state index is 13.1. The minimum Gasteiger partial charge on any atom is -0.385 e. The number of carbonyl (C=O) groups excluding carboxylic acids is 3. The first-order chi connectivity index (χ1) is 18.9. The normalized spacial score (nSPS) is 16.2. The molecule has 3 rings (SSSR count). The minimum atomic E-state index is -1.04. The van der Waals surface area contributed by atoms with Crippen molar-refractivity contribution in [3.8, 4) is 0 Å². The van der Waals surface area contributed by atoms with Crippen LogP contribution in [0.4, 0.5) is 0 Å². The van der Waals surface area contributed by atoms with Crippen LogP contribution < -0.4 is 11.1 Å². The fraction of sp³-hybridized carbons (Fsp3) is 0.531. The number of hydrogen-bond acceptors (Lipinski definition) is 5. The summed E-state index contributed by atoms with van der Waals surface area (Å²) in [4.78, 5) is 41.1. The van der Waals surface area contributed by atoms with Crippen molar-refractivity contribution < 1.29 is 19.5 Å². The van der Waals surface area contributed by atoms with E-state index in [4.69, 9.17) is 5.73 Å². The number of likely N-dealkylation sites (N-methyl/N-ethyl adjacent to an activating group) is 1. The van der Waals surface area contributed by atoms with Crippen molar-refractivity contribution in [3.63, 3.8) is 0 Å². The molecular formula is C32H46N4O4. The molecule has 0 aliphatic carbocycles. The molecule has 8 heteroatoms. The second kappa shape index (κ2) is 13.9. The number of nitrogens with zero attached hydrogens (tertiary/aromatic N) is 2. The summed E-state index contributed by atoms with van der Waals surface area (Å²) < 4.78 is 0. The molecule has 4 N–H and O–H groups in total. The molecule has 1 aliphatic rings. The first kappa shape index (κ1) is 31.3. The van der Waals surface area contributed by atoms with Crippen molar-refractivity contribution >= 4 is 17.7 Å². The summed E-state index contributed by atoms with van der Waals surface area (Å²) >= 11 is 0. The Kier molecular flexibility index (Phi) is 10.9. The molecule has 40 heavy (non-hydrogen) atoms. The number of primary amides is 1. The van der Waals surface area contributed by atoms with Gasteiger partial charge in [-0.1, -0.05) is 63.2 Å². The summed E-state index contributed by atoms with van der Waals surface area (Å²) in [6, 6.07) is 16.8. The molecule has 1 unspecified atom stereocenters. The van der Waals surface area contributed by atoms with E-state index in [0.29, 0.717) is 37.9 Å². The van der Waals surface area contributed by atoms with Gasteiger partial charge in [-0.2, -0.15) is 0 Å². The number of hydrogen-bond donors (Lipinski definition) is 3. The van der Waals surface area contributed by atoms with Gasteiger partial charge in [-0.15, -0.1) is 0 Å². The number of carbonyl (C=O) groups is 3. The molecule has 8 nitrogen and oxygen atoms in total. The number of nitrogens with one attached hydrogen (secondary N) is 1. The maximum absolute atomic E-state index is 13.1. The van der Waals surface area contributed by atoms with Crippen molar-refractivity contribution in [2.75, 3.05) is 32.7 Å². The molecular weight excluding hydrogens is 504 g/mol. The van der Waals surface area contributed by atoms with Crippen LogP contribution in [0.3, 0.4) is 0 Å². The Balaban J connectivity index is 1.54. The van der Waals surface area contributed by atoms with Gasteiger partial charge in [-0.05, 0) is 55.9 Å². The third-order valence-electron chi connectivity index (χ3n) is 7.91. The van der Waals surface area contributed by atoms with E-state index in [1.807, 2.05) is 62.9 Å². The molecule has 0 bridgehead atoms. The molecule has 0 radical (unpaired) electrons. The van der Waals surface area contributed by atoms with E-state index in [0.717, 1.165) is 43.6 Å². The molecule has 218 valence electrons. The Labute approximate surface area is 238 Å². The zero-order valence-electron chi connectivity index (χ0n) is 24.5. The van der Waals surface area contributed by atoms with Crippen LogP contribution in [0.1, 0.15) is 74.9 Å². The van der Waals surface area contributed by atoms with E-state index in [-0.39, 0.29) is 17.9 Å². The number of rotatable bonds is 12. The molecule has 0 saturated carbocycles. The molecule has 2 aromatic carbocycles. The second-order valence-electron chi connectivity index (χ2n) is 11.9. The number of benzene rings is 2. The van der Waals surface area contributed by atoms with E-state index in [1.165, 1.54) is 0 Å². The second-order valence-corrected chi connectivity index (χ2v) is 11.9. The number of piperidine rings is 1. The van der Waals surface area contributed by atoms with Gasteiger partial charge in [0.25, 0.3) is 0 Å². The highest BCUT2D eigenvalue weighted by Gasteiger charge is 2.32. The van der Waals surface area contributed by atoms with Crippen molar-refractivity contribution in [2.24, 2.45) is 11.1 Å². The zero-order valence-corrected chi connectivity index (χ0v) is 24.5. The predicted molar refractivity (Wildman–Crippen MR) is 158 cm³/mol. The molecule has 1 saturated heterocycles. The van der Waals surface area contributed by atoms with E-state index in [9.17, 15) is 19.5 Å². The predicted octanol–water partition coefficient (Wildman–Crippen LogP) is 3.47. The Bertz CT molecular complexity index is 1120. The van der Waals surface area contributed by atoms with E-state index >= 15 is 0 Å². The third-order valence-corrected chi connectivity index (χ3v) is 7.91. The molecule has 3 amide bonds. The summed E-state index contributed by atoms with van der Waals surface area (Å²) in [5, 5.41) is 14.7. The summed E-state index contributed by atoms with van der Waals surface area (Å²) in [7, 11) is 0. The summed E-state index contributed by atoms with van der Waals surface area (Å²) in [5.41, 5.74) is 5.96. The molecule has 1 heterocycles. The summed E-state index contributed by atoms with van der Waals surface area (Å²) in [5.74, 6) is -0.416. The van der Waals surface area contributed by atoms with Gasteiger partial charge in [-0.25, -0.2) is 0 Å². The average molecular weight is 551 g/mol. The smallest absolute Gasteiger partial charge is 0.248 e. The minimum absolute atomic E-state index is 0.0253. The molecule has 2 aromatic rings. The van der Waals surface area contributed by atoms with Crippen LogP contribution in [0.15, 0.2) is 54.6 Å². The largest absolute Gasteiger partial charge is 0.385 e. The molecule has 0 aromatic heterocycles. The Morgan fingerprint density at radius 2 is 1.62 bits per heavy atom. The average Bonchev–Trinajstić information content (AvgIpc) is 2.93. The third kappa shape index (κ3) is 8.63. The lowest BCUT2D eigenvalue weighted by Gasteiger charge is -2.39. The van der Waals surface area contributed by atoms with Gasteiger partial charge in [0.15, 0.2) is 0 Å². The standard InChI is InChI=1S/C32H46N4O4/c1-5-36(28(37)23-24-11-13-25(14-12-24)29(33)38)27-15-20-35(21-16-27)22-18-32(40,26-9-7-6-8-10-26)17-19-34-30(39)31(2,3)4/h6-14,27,40H,5,15-23H2,1-4H3,(H2,33,38)(H,34,39). The number of aliphatic hydroxyl groups is 1. The van der Waals surface area contributed by atoms with Crippen molar-refractivity contribution in [1.82, 2.24) is 15.1 Å². The van der Waals surface area contributed by atoms with Crippen molar-refractivity contribution in [2.45, 2.75) is 71.4 Å². The van der Waals surface area contributed by atoms with Crippen LogP contribution in [-0.2, 0) is 21.6 Å². The summed E-state index contributed by atoms with van der Waals surface area (Å²) in [6.45, 7) is 11.2. The van der Waals surface area contributed by atoms with Gasteiger partial charge in [0.2, 0.25) is 17.7 Å². The van der Waals surface area contributed by atoms with Crippen LogP contribution in [-0.4, -0.2) is 71.4 Å². The topological polar surface area (TPSA) is 116 Å². The highest BCUT2D eigenvalue weighted by Crippen LogP contribution is 2.30. The van der Waals surface area contributed by atoms with E-state index in [1.54, 1.807) is 24.3 Å². The molecule has 0 spiro atoms.